The molecule has 6 heteroatoms. The van der Waals surface area contributed by atoms with Crippen LogP contribution in [-0.2, 0) is 20.0 Å². The van der Waals surface area contributed by atoms with Gasteiger partial charge >= 0.3 is 0 Å². The first-order valence-corrected chi connectivity index (χ1v) is 6.36. The maximum atomic E-state index is 4.30. The first-order valence-electron chi connectivity index (χ1n) is 5.57. The van der Waals surface area contributed by atoms with Crippen LogP contribution in [0.1, 0.15) is 23.9 Å². The van der Waals surface area contributed by atoms with E-state index in [-0.39, 0.29) is 0 Å². The Balaban J connectivity index is 2.07. The van der Waals surface area contributed by atoms with Crippen LogP contribution in [0, 0.1) is 6.92 Å². The third-order valence-electron chi connectivity index (χ3n) is 2.69. The minimum atomic E-state index is 0.728. The molecular weight excluding hydrogens is 282 g/mol. The molecule has 2 N–H and O–H groups in total. The van der Waals surface area contributed by atoms with E-state index in [2.05, 4.69) is 43.5 Å². The predicted molar refractivity (Wildman–Crippen MR) is 70.9 cm³/mol. The monoisotopic (exact) mass is 297 g/mol. The molecule has 0 aliphatic rings. The number of hydrogen-bond donors (Lipinski definition) is 2. The summed E-state index contributed by atoms with van der Waals surface area (Å²) in [6, 6.07) is 0. The highest BCUT2D eigenvalue weighted by atomic mass is 79.9. The summed E-state index contributed by atoms with van der Waals surface area (Å²) in [7, 11) is 1.93. The number of anilines is 1. The van der Waals surface area contributed by atoms with Crippen LogP contribution in [0.15, 0.2) is 10.7 Å². The van der Waals surface area contributed by atoms with Gasteiger partial charge in [-0.1, -0.05) is 6.92 Å². The first-order chi connectivity index (χ1) is 8.11. The molecule has 0 saturated heterocycles. The van der Waals surface area contributed by atoms with Gasteiger partial charge in [0.15, 0.2) is 5.82 Å². The van der Waals surface area contributed by atoms with Crippen molar-refractivity contribution >= 4 is 21.7 Å². The molecule has 2 rings (SSSR count). The van der Waals surface area contributed by atoms with Crippen molar-refractivity contribution in [2.24, 2.45) is 7.05 Å². The standard InChI is InChI=1S/C11H16BrN5/c1-4-9-10(12)11(15-14-9)13-5-8-6-17(3)16-7(8)2/h6H,4-5H2,1-3H3,(H2,13,14,15). The molecule has 0 aliphatic heterocycles. The molecule has 0 fully saturated rings. The van der Waals surface area contributed by atoms with Crippen molar-refractivity contribution in [3.05, 3.63) is 27.6 Å². The van der Waals surface area contributed by atoms with Gasteiger partial charge in [0, 0.05) is 25.4 Å². The van der Waals surface area contributed by atoms with Gasteiger partial charge in [0.2, 0.25) is 0 Å². The fraction of sp³-hybridized carbons (Fsp3) is 0.455. The molecule has 2 aromatic heterocycles. The highest BCUT2D eigenvalue weighted by molar-refractivity contribution is 9.10. The summed E-state index contributed by atoms with van der Waals surface area (Å²) in [5.74, 6) is 0.852. The van der Waals surface area contributed by atoms with E-state index < -0.39 is 0 Å². The molecule has 5 nitrogen and oxygen atoms in total. The highest BCUT2D eigenvalue weighted by Crippen LogP contribution is 2.24. The lowest BCUT2D eigenvalue weighted by molar-refractivity contribution is 0.756. The average molecular weight is 298 g/mol. The molecule has 0 aliphatic carbocycles. The second-order valence-corrected chi connectivity index (χ2v) is 4.78. The van der Waals surface area contributed by atoms with E-state index in [0.29, 0.717) is 0 Å². The molecule has 0 amide bonds. The van der Waals surface area contributed by atoms with Crippen LogP contribution < -0.4 is 5.32 Å². The number of halogens is 1. The van der Waals surface area contributed by atoms with E-state index >= 15 is 0 Å². The summed E-state index contributed by atoms with van der Waals surface area (Å²) in [6.07, 6.45) is 2.95. The number of nitrogens with one attached hydrogen (secondary N) is 2. The Labute approximate surface area is 109 Å². The van der Waals surface area contributed by atoms with Gasteiger partial charge in [-0.15, -0.1) is 0 Å². The molecule has 0 saturated carbocycles. The molecule has 17 heavy (non-hydrogen) atoms. The van der Waals surface area contributed by atoms with E-state index in [9.17, 15) is 0 Å². The molecule has 0 aromatic carbocycles. The lowest BCUT2D eigenvalue weighted by Crippen LogP contribution is -2.00. The zero-order chi connectivity index (χ0) is 12.4. The summed E-state index contributed by atoms with van der Waals surface area (Å²) < 4.78 is 2.84. The van der Waals surface area contributed by atoms with E-state index in [1.165, 1.54) is 5.56 Å². The molecule has 0 atom stereocenters. The summed E-state index contributed by atoms with van der Waals surface area (Å²) in [5, 5.41) is 14.8. The number of nitrogens with zero attached hydrogens (tertiary/aromatic N) is 3. The van der Waals surface area contributed by atoms with Gasteiger partial charge in [-0.2, -0.15) is 10.2 Å². The van der Waals surface area contributed by atoms with E-state index in [0.717, 1.165) is 34.6 Å². The highest BCUT2D eigenvalue weighted by Gasteiger charge is 2.09. The van der Waals surface area contributed by atoms with Gasteiger partial charge < -0.3 is 5.32 Å². The molecule has 92 valence electrons. The van der Waals surface area contributed by atoms with Gasteiger partial charge in [0.1, 0.15) is 0 Å². The van der Waals surface area contributed by atoms with Crippen LogP contribution in [0.2, 0.25) is 0 Å². The van der Waals surface area contributed by atoms with Crippen LogP contribution in [-0.4, -0.2) is 20.0 Å². The lowest BCUT2D eigenvalue weighted by atomic mass is 10.2. The number of aryl methyl sites for hydroxylation is 3. The number of aromatic nitrogens is 4. The third-order valence-corrected chi connectivity index (χ3v) is 3.54. The van der Waals surface area contributed by atoms with E-state index in [1.807, 2.05) is 24.9 Å². The Morgan fingerprint density at radius 3 is 2.82 bits per heavy atom. The summed E-state index contributed by atoms with van der Waals surface area (Å²) >= 11 is 3.53. The van der Waals surface area contributed by atoms with E-state index in [1.54, 1.807) is 0 Å². The van der Waals surface area contributed by atoms with Gasteiger partial charge in [-0.25, -0.2) is 0 Å². The van der Waals surface area contributed by atoms with Gasteiger partial charge in [0.05, 0.1) is 15.9 Å². The first kappa shape index (κ1) is 12.2. The normalized spacial score (nSPS) is 10.8. The van der Waals surface area contributed by atoms with Crippen molar-refractivity contribution in [2.45, 2.75) is 26.8 Å². The minimum absolute atomic E-state index is 0.728. The molecule has 0 bridgehead atoms. The second-order valence-electron chi connectivity index (χ2n) is 3.99. The Morgan fingerprint density at radius 1 is 1.53 bits per heavy atom. The molecule has 0 spiro atoms. The quantitative estimate of drug-likeness (QED) is 0.911. The Bertz CT molecular complexity index is 514. The molecule has 2 heterocycles. The molecule has 2 aromatic rings. The van der Waals surface area contributed by atoms with E-state index in [4.69, 9.17) is 0 Å². The Kier molecular flexibility index (Phi) is 3.51. The van der Waals surface area contributed by atoms with Crippen molar-refractivity contribution in [2.75, 3.05) is 5.32 Å². The maximum absolute atomic E-state index is 4.30. The Morgan fingerprint density at radius 2 is 2.29 bits per heavy atom. The summed E-state index contributed by atoms with van der Waals surface area (Å²) in [5.41, 5.74) is 3.33. The fourth-order valence-electron chi connectivity index (χ4n) is 1.72. The van der Waals surface area contributed by atoms with Crippen molar-refractivity contribution in [3.63, 3.8) is 0 Å². The van der Waals surface area contributed by atoms with Crippen LogP contribution >= 0.6 is 15.9 Å². The Hall–Kier alpha value is -1.30. The lowest BCUT2D eigenvalue weighted by Gasteiger charge is -2.02. The molecule has 0 unspecified atom stereocenters. The average Bonchev–Trinajstić information content (AvgIpc) is 2.79. The van der Waals surface area contributed by atoms with Gasteiger partial charge in [-0.3, -0.25) is 9.78 Å². The van der Waals surface area contributed by atoms with Crippen LogP contribution in [0.4, 0.5) is 5.82 Å². The third kappa shape index (κ3) is 2.52. The van der Waals surface area contributed by atoms with Crippen molar-refractivity contribution in [1.29, 1.82) is 0 Å². The zero-order valence-corrected chi connectivity index (χ0v) is 11.8. The smallest absolute Gasteiger partial charge is 0.162 e. The van der Waals surface area contributed by atoms with Crippen LogP contribution in [0.3, 0.4) is 0 Å². The van der Waals surface area contributed by atoms with Gasteiger partial charge in [-0.05, 0) is 29.3 Å². The molecule has 0 radical (unpaired) electrons. The van der Waals surface area contributed by atoms with Crippen molar-refractivity contribution < 1.29 is 0 Å². The zero-order valence-electron chi connectivity index (χ0n) is 10.2. The van der Waals surface area contributed by atoms with Crippen LogP contribution in [0.25, 0.3) is 0 Å². The SMILES string of the molecule is CCc1[nH]nc(NCc2cn(C)nc2C)c1Br. The number of H-pyrrole nitrogens is 1. The summed E-state index contributed by atoms with van der Waals surface area (Å²) in [4.78, 5) is 0. The topological polar surface area (TPSA) is 58.5 Å². The number of hydrogen-bond acceptors (Lipinski definition) is 3. The largest absolute Gasteiger partial charge is 0.363 e. The summed E-state index contributed by atoms with van der Waals surface area (Å²) in [6.45, 7) is 4.83. The number of aromatic amines is 1. The second kappa shape index (κ2) is 4.91. The number of rotatable bonds is 4. The maximum Gasteiger partial charge on any atom is 0.162 e. The minimum Gasteiger partial charge on any atom is -0.363 e. The van der Waals surface area contributed by atoms with Crippen molar-refractivity contribution in [1.82, 2.24) is 20.0 Å². The fourth-order valence-corrected chi connectivity index (χ4v) is 2.31. The van der Waals surface area contributed by atoms with Crippen molar-refractivity contribution in [3.8, 4) is 0 Å². The molecular formula is C11H16BrN5. The van der Waals surface area contributed by atoms with Gasteiger partial charge in [0.25, 0.3) is 0 Å². The predicted octanol–water partition coefficient (Wildman–Crippen LogP) is 2.39. The van der Waals surface area contributed by atoms with Crippen LogP contribution in [0.5, 0.6) is 0 Å².